The Morgan fingerprint density at radius 1 is 1.50 bits per heavy atom. The van der Waals surface area contributed by atoms with Crippen LogP contribution in [0.25, 0.3) is 0 Å². The van der Waals surface area contributed by atoms with Gasteiger partial charge in [-0.3, -0.25) is 4.79 Å². The molecule has 0 aromatic rings. The number of quaternary nitrogens is 1. The molecule has 0 aliphatic rings. The smallest absolute Gasteiger partial charge is 0.181 e. The summed E-state index contributed by atoms with van der Waals surface area (Å²) in [5.74, 6) is -0.416. The van der Waals surface area contributed by atoms with Crippen LogP contribution in [-0.2, 0) is 4.79 Å². The molecular weight excluding hydrogens is 245 g/mol. The topological polar surface area (TPSA) is 37.3 Å². The summed E-state index contributed by atoms with van der Waals surface area (Å²) in [7, 11) is 5.72. The number of hydrogen-bond donors (Lipinski definition) is 1. The van der Waals surface area contributed by atoms with Crippen LogP contribution in [0.2, 0.25) is 0 Å². The van der Waals surface area contributed by atoms with Crippen molar-refractivity contribution in [3.8, 4) is 0 Å². The monoisotopic (exact) mass is 259 g/mol. The summed E-state index contributed by atoms with van der Waals surface area (Å²) in [6.45, 7) is 0.408. The van der Waals surface area contributed by atoms with Crippen LogP contribution in [0.15, 0.2) is 0 Å². The van der Waals surface area contributed by atoms with Crippen LogP contribution in [0.5, 0.6) is 0 Å². The number of likely N-dealkylation sites (N-methyl/N-ethyl adjacent to an activating group) is 1. The maximum absolute atomic E-state index is 10.8. The maximum Gasteiger partial charge on any atom is 0.181 e. The number of Topliss-reactive ketones (excluding diaryl/α,β-unsaturated/α-hetero) is 1. The fourth-order valence-corrected chi connectivity index (χ4v) is 0.888. The zero-order chi connectivity index (χ0) is 9.07. The quantitative estimate of drug-likeness (QED) is 0.429. The van der Waals surface area contributed by atoms with Crippen LogP contribution >= 0.6 is 11.6 Å². The number of carbonyl (C=O) groups excluding carboxylic acids is 1. The molecule has 5 heteroatoms. The molecule has 0 aromatic carbocycles. The second kappa shape index (κ2) is 5.91. The van der Waals surface area contributed by atoms with Crippen molar-refractivity contribution in [1.29, 1.82) is 0 Å². The number of aliphatic hydroxyl groups is 1. The van der Waals surface area contributed by atoms with Crippen molar-refractivity contribution in [2.45, 2.75) is 6.10 Å². The van der Waals surface area contributed by atoms with Crippen LogP contribution in [0, 0.1) is 0 Å². The summed E-state index contributed by atoms with van der Waals surface area (Å²) in [5, 5.41) is 9.20. The first-order valence-electron chi connectivity index (χ1n) is 3.44. The molecule has 0 bridgehead atoms. The molecule has 0 fully saturated rings. The maximum atomic E-state index is 10.8. The van der Waals surface area contributed by atoms with Crippen LogP contribution in [0.3, 0.4) is 0 Å². The van der Waals surface area contributed by atoms with Gasteiger partial charge in [0.1, 0.15) is 6.54 Å². The van der Waals surface area contributed by atoms with E-state index in [2.05, 4.69) is 0 Å². The van der Waals surface area contributed by atoms with Crippen LogP contribution in [-0.4, -0.2) is 55.0 Å². The SMILES string of the molecule is C[N+](C)(C)CC(O)C(=O)CCl.[Br-]. The highest BCUT2D eigenvalue weighted by Crippen LogP contribution is 1.97. The molecule has 74 valence electrons. The Morgan fingerprint density at radius 3 is 2.17 bits per heavy atom. The number of rotatable bonds is 4. The van der Waals surface area contributed by atoms with E-state index in [0.717, 1.165) is 0 Å². The second-order valence-electron chi connectivity index (χ2n) is 3.59. The molecule has 1 unspecified atom stereocenters. The van der Waals surface area contributed by atoms with Gasteiger partial charge in [-0.15, -0.1) is 11.6 Å². The lowest BCUT2D eigenvalue weighted by Crippen LogP contribution is -3.00. The Bertz CT molecular complexity index is 147. The van der Waals surface area contributed by atoms with E-state index in [4.69, 9.17) is 11.6 Å². The summed E-state index contributed by atoms with van der Waals surface area (Å²) in [5.41, 5.74) is 0. The van der Waals surface area contributed by atoms with Gasteiger partial charge in [0.2, 0.25) is 0 Å². The highest BCUT2D eigenvalue weighted by atomic mass is 79.9. The molecule has 0 amide bonds. The molecular formula is C7H15BrClNO2. The van der Waals surface area contributed by atoms with Crippen molar-refractivity contribution in [3.63, 3.8) is 0 Å². The van der Waals surface area contributed by atoms with Crippen molar-refractivity contribution in [2.75, 3.05) is 33.6 Å². The average molecular weight is 261 g/mol. The Labute approximate surface area is 88.7 Å². The van der Waals surface area contributed by atoms with Crippen LogP contribution in [0.4, 0.5) is 0 Å². The molecule has 0 aliphatic carbocycles. The number of nitrogens with zero attached hydrogens (tertiary/aromatic N) is 1. The Hall–Kier alpha value is 0.360. The predicted octanol–water partition coefficient (Wildman–Crippen LogP) is -3.13. The molecule has 3 nitrogen and oxygen atoms in total. The summed E-state index contributed by atoms with van der Waals surface area (Å²) in [6, 6.07) is 0. The molecule has 0 aromatic heterocycles. The molecule has 1 N–H and O–H groups in total. The summed E-state index contributed by atoms with van der Waals surface area (Å²) in [4.78, 5) is 10.8. The largest absolute Gasteiger partial charge is 1.00 e. The third kappa shape index (κ3) is 7.03. The number of ketones is 1. The normalized spacial score (nSPS) is 13.4. The van der Waals surface area contributed by atoms with Gasteiger partial charge in [0, 0.05) is 0 Å². The van der Waals surface area contributed by atoms with Gasteiger partial charge in [-0.05, 0) is 0 Å². The van der Waals surface area contributed by atoms with E-state index >= 15 is 0 Å². The van der Waals surface area contributed by atoms with Gasteiger partial charge in [0.05, 0.1) is 27.0 Å². The Morgan fingerprint density at radius 2 is 1.92 bits per heavy atom. The molecule has 0 rings (SSSR count). The molecule has 0 saturated carbocycles. The van der Waals surface area contributed by atoms with Gasteiger partial charge in [0.25, 0.3) is 0 Å². The first-order chi connectivity index (χ1) is 4.87. The number of carbonyl (C=O) groups is 1. The minimum atomic E-state index is -0.924. The van der Waals surface area contributed by atoms with Gasteiger partial charge < -0.3 is 26.6 Å². The molecule has 12 heavy (non-hydrogen) atoms. The highest BCUT2D eigenvalue weighted by Gasteiger charge is 2.21. The van der Waals surface area contributed by atoms with E-state index in [1.165, 1.54) is 0 Å². The molecule has 0 heterocycles. The Kier molecular flexibility index (Phi) is 7.32. The molecule has 0 radical (unpaired) electrons. The minimum Gasteiger partial charge on any atom is -1.00 e. The standard InChI is InChI=1S/C7H15ClNO2.BrH/c1-9(2,3)5-7(11)6(10)4-8;/h7,11H,4-5H2,1-3H3;1H/q+1;/p-1. The molecule has 0 spiro atoms. The van der Waals surface area contributed by atoms with Crippen LogP contribution in [0.1, 0.15) is 0 Å². The summed E-state index contributed by atoms with van der Waals surface area (Å²) < 4.78 is 0.559. The third-order valence-corrected chi connectivity index (χ3v) is 1.49. The van der Waals surface area contributed by atoms with E-state index in [1.807, 2.05) is 21.1 Å². The lowest BCUT2D eigenvalue weighted by Gasteiger charge is -2.25. The van der Waals surface area contributed by atoms with Gasteiger partial charge in [0.15, 0.2) is 11.9 Å². The average Bonchev–Trinajstić information content (AvgIpc) is 1.82. The number of aliphatic hydroxyl groups excluding tert-OH is 1. The Balaban J connectivity index is 0. The number of alkyl halides is 1. The lowest BCUT2D eigenvalue weighted by atomic mass is 10.2. The second-order valence-corrected chi connectivity index (χ2v) is 3.86. The first-order valence-corrected chi connectivity index (χ1v) is 3.97. The van der Waals surface area contributed by atoms with Gasteiger partial charge in [-0.2, -0.15) is 0 Å². The minimum absolute atomic E-state index is 0. The summed E-state index contributed by atoms with van der Waals surface area (Å²) in [6.07, 6.45) is -0.924. The van der Waals surface area contributed by atoms with Crippen molar-refractivity contribution in [2.24, 2.45) is 0 Å². The van der Waals surface area contributed by atoms with Gasteiger partial charge >= 0.3 is 0 Å². The van der Waals surface area contributed by atoms with E-state index in [0.29, 0.717) is 11.0 Å². The van der Waals surface area contributed by atoms with Crippen LogP contribution < -0.4 is 17.0 Å². The van der Waals surface area contributed by atoms with E-state index in [-0.39, 0.29) is 28.6 Å². The zero-order valence-corrected chi connectivity index (χ0v) is 9.89. The fraction of sp³-hybridized carbons (Fsp3) is 0.857. The van der Waals surface area contributed by atoms with E-state index in [1.54, 1.807) is 0 Å². The van der Waals surface area contributed by atoms with Crippen molar-refractivity contribution in [1.82, 2.24) is 0 Å². The van der Waals surface area contributed by atoms with Crippen molar-refractivity contribution < 1.29 is 31.4 Å². The van der Waals surface area contributed by atoms with Gasteiger partial charge in [-0.25, -0.2) is 0 Å². The van der Waals surface area contributed by atoms with Crippen molar-refractivity contribution >= 4 is 17.4 Å². The van der Waals surface area contributed by atoms with Crippen molar-refractivity contribution in [3.05, 3.63) is 0 Å². The van der Waals surface area contributed by atoms with E-state index in [9.17, 15) is 9.90 Å². The summed E-state index contributed by atoms with van der Waals surface area (Å²) >= 11 is 5.26. The predicted molar refractivity (Wildman–Crippen MR) is 44.6 cm³/mol. The first kappa shape index (κ1) is 14.9. The highest BCUT2D eigenvalue weighted by molar-refractivity contribution is 6.28. The van der Waals surface area contributed by atoms with Gasteiger partial charge in [-0.1, -0.05) is 0 Å². The molecule has 0 aliphatic heterocycles. The van der Waals surface area contributed by atoms with E-state index < -0.39 is 6.10 Å². The fourth-order valence-electron chi connectivity index (χ4n) is 0.710. The lowest BCUT2D eigenvalue weighted by molar-refractivity contribution is -0.872. The molecule has 1 atom stereocenters. The number of hydrogen-bond acceptors (Lipinski definition) is 2. The number of halogens is 2. The third-order valence-electron chi connectivity index (χ3n) is 1.22. The molecule has 0 saturated heterocycles. The zero-order valence-electron chi connectivity index (χ0n) is 7.55.